The normalized spacial score (nSPS) is 17.4. The molecule has 2 aliphatic rings. The van der Waals surface area contributed by atoms with E-state index in [1.165, 1.54) is 27.8 Å². The summed E-state index contributed by atoms with van der Waals surface area (Å²) in [6, 6.07) is 5.20. The first-order chi connectivity index (χ1) is 16.3. The maximum Gasteiger partial charge on any atom is 0.281 e. The highest BCUT2D eigenvalue weighted by atomic mass is 32.2. The number of nitrogens with zero attached hydrogens (tertiary/aromatic N) is 6. The van der Waals surface area contributed by atoms with Crippen molar-refractivity contribution in [1.29, 1.82) is 0 Å². The van der Waals surface area contributed by atoms with Gasteiger partial charge < -0.3 is 5.32 Å². The Labute approximate surface area is 202 Å². The molecule has 1 unspecified atom stereocenters. The molecule has 172 valence electrons. The van der Waals surface area contributed by atoms with Crippen LogP contribution < -0.4 is 10.9 Å². The molecule has 0 saturated heterocycles. The average molecular weight is 494 g/mol. The molecule has 2 aliphatic heterocycles. The van der Waals surface area contributed by atoms with Gasteiger partial charge >= 0.3 is 0 Å². The highest BCUT2D eigenvalue weighted by molar-refractivity contribution is 7.99. The minimum atomic E-state index is -0.505. The first-order valence-electron chi connectivity index (χ1n) is 10.3. The Kier molecular flexibility index (Phi) is 5.62. The molecule has 3 aromatic heterocycles. The molecule has 10 nitrogen and oxygen atoms in total. The fourth-order valence-corrected chi connectivity index (χ4v) is 5.38. The van der Waals surface area contributed by atoms with Crippen LogP contribution >= 0.6 is 23.1 Å². The van der Waals surface area contributed by atoms with Crippen LogP contribution in [-0.2, 0) is 9.59 Å². The fraction of sp³-hybridized carbons (Fsp3) is 0.227. The van der Waals surface area contributed by atoms with Gasteiger partial charge in [0, 0.05) is 30.0 Å². The van der Waals surface area contributed by atoms with Crippen molar-refractivity contribution in [3.63, 3.8) is 0 Å². The van der Waals surface area contributed by atoms with Crippen molar-refractivity contribution in [2.75, 3.05) is 11.1 Å². The molecular formula is C22H19N7O3S2. The second kappa shape index (κ2) is 8.61. The molecule has 1 atom stereocenters. The van der Waals surface area contributed by atoms with Gasteiger partial charge in [-0.3, -0.25) is 19.0 Å². The second-order valence-electron chi connectivity index (χ2n) is 7.81. The van der Waals surface area contributed by atoms with E-state index in [1.54, 1.807) is 30.7 Å². The van der Waals surface area contributed by atoms with Gasteiger partial charge in [0.15, 0.2) is 5.16 Å². The molecule has 0 spiro atoms. The van der Waals surface area contributed by atoms with E-state index in [2.05, 4.69) is 32.0 Å². The lowest BCUT2D eigenvalue weighted by atomic mass is 10.2. The minimum Gasteiger partial charge on any atom is -0.310 e. The Hall–Kier alpha value is -3.64. The number of amides is 2. The van der Waals surface area contributed by atoms with Gasteiger partial charge in [0.1, 0.15) is 11.5 Å². The molecule has 3 aromatic rings. The van der Waals surface area contributed by atoms with E-state index in [9.17, 15) is 14.4 Å². The number of thioether (sulfide) groups is 1. The number of carbonyl (C=O) groups is 2. The first kappa shape index (κ1) is 22.2. The number of rotatable bonds is 4. The number of fused-ring (bicyclic) bond motifs is 1. The Bertz CT molecular complexity index is 1460. The molecule has 1 N–H and O–H groups in total. The van der Waals surface area contributed by atoms with Gasteiger partial charge in [-0.2, -0.15) is 14.8 Å². The SMILES string of the molecule is C=C1C(=O)N=C(n2nc(-c3cccs3)cc2NC(=O)CC2CSc3ncc(C)c(=O)n32)N=C1C. The molecule has 5 rings (SSSR count). The van der Waals surface area contributed by atoms with Crippen LogP contribution in [-0.4, -0.2) is 48.6 Å². The molecule has 0 saturated carbocycles. The third-order valence-corrected chi connectivity index (χ3v) is 7.43. The first-order valence-corrected chi connectivity index (χ1v) is 12.2. The standard InChI is InChI=1S/C22H19N7O3S2/c1-11-9-23-22-28(20(11)32)14(10-34-22)7-18(30)25-17-8-15(16-5-4-6-33-16)27-29(17)21-24-13(3)12(2)19(31)26-21/h4-6,8-9,14H,2,7,10H2,1,3H3,(H,25,30). The van der Waals surface area contributed by atoms with Gasteiger partial charge in [-0.05, 0) is 25.3 Å². The summed E-state index contributed by atoms with van der Waals surface area (Å²) in [7, 11) is 0. The van der Waals surface area contributed by atoms with Gasteiger partial charge in [-0.1, -0.05) is 24.4 Å². The van der Waals surface area contributed by atoms with E-state index >= 15 is 0 Å². The Morgan fingerprint density at radius 1 is 1.29 bits per heavy atom. The summed E-state index contributed by atoms with van der Waals surface area (Å²) in [5.74, 6) is 0.134. The summed E-state index contributed by atoms with van der Waals surface area (Å²) in [6.07, 6.45) is 1.63. The molecule has 2 amide bonds. The molecule has 0 fully saturated rings. The van der Waals surface area contributed by atoms with Crippen molar-refractivity contribution in [3.8, 4) is 10.6 Å². The number of hydrogen-bond donors (Lipinski definition) is 1. The van der Waals surface area contributed by atoms with Gasteiger partial charge in [0.2, 0.25) is 5.91 Å². The Balaban J connectivity index is 1.45. The third-order valence-electron chi connectivity index (χ3n) is 5.43. The van der Waals surface area contributed by atoms with Crippen molar-refractivity contribution >= 4 is 52.4 Å². The van der Waals surface area contributed by atoms with Crippen molar-refractivity contribution in [1.82, 2.24) is 19.3 Å². The van der Waals surface area contributed by atoms with E-state index in [0.29, 0.717) is 33.7 Å². The Morgan fingerprint density at radius 3 is 2.85 bits per heavy atom. The molecule has 12 heteroatoms. The lowest BCUT2D eigenvalue weighted by Gasteiger charge is -2.15. The number of aliphatic imine (C=N–C) groups is 2. The van der Waals surface area contributed by atoms with Crippen molar-refractivity contribution in [3.05, 3.63) is 57.8 Å². The Morgan fingerprint density at radius 2 is 2.12 bits per heavy atom. The largest absolute Gasteiger partial charge is 0.310 e. The zero-order valence-electron chi connectivity index (χ0n) is 18.3. The average Bonchev–Trinajstić information content (AvgIpc) is 3.54. The molecule has 5 heterocycles. The summed E-state index contributed by atoms with van der Waals surface area (Å²) < 4.78 is 2.92. The quantitative estimate of drug-likeness (QED) is 0.440. The maximum absolute atomic E-state index is 13.0. The zero-order valence-corrected chi connectivity index (χ0v) is 19.9. The van der Waals surface area contributed by atoms with E-state index < -0.39 is 5.91 Å². The van der Waals surface area contributed by atoms with Crippen molar-refractivity contribution < 1.29 is 9.59 Å². The number of thiophene rings is 1. The number of nitrogens with one attached hydrogen (secondary N) is 1. The molecule has 0 bridgehead atoms. The van der Waals surface area contributed by atoms with E-state index in [4.69, 9.17) is 0 Å². The lowest BCUT2D eigenvalue weighted by molar-refractivity contribution is -0.117. The topological polar surface area (TPSA) is 124 Å². The number of aromatic nitrogens is 4. The van der Waals surface area contributed by atoms with Crippen molar-refractivity contribution in [2.45, 2.75) is 31.5 Å². The lowest BCUT2D eigenvalue weighted by Crippen LogP contribution is -2.29. The number of hydrogen-bond acceptors (Lipinski definition) is 8. The highest BCUT2D eigenvalue weighted by Crippen LogP contribution is 2.32. The minimum absolute atomic E-state index is 0.0471. The number of carbonyl (C=O) groups excluding carboxylic acids is 2. The summed E-state index contributed by atoms with van der Waals surface area (Å²) >= 11 is 2.94. The van der Waals surface area contributed by atoms with Crippen LogP contribution in [0.15, 0.2) is 61.9 Å². The molecule has 0 aliphatic carbocycles. The molecule has 0 aromatic carbocycles. The van der Waals surface area contributed by atoms with Crippen molar-refractivity contribution in [2.24, 2.45) is 9.98 Å². The van der Waals surface area contributed by atoms with E-state index in [-0.39, 0.29) is 35.5 Å². The maximum atomic E-state index is 13.0. The van der Waals surface area contributed by atoms with Gasteiger partial charge in [-0.15, -0.1) is 11.3 Å². The van der Waals surface area contributed by atoms with Gasteiger partial charge in [0.05, 0.1) is 22.2 Å². The number of anilines is 1. The van der Waals surface area contributed by atoms with Gasteiger partial charge in [-0.25, -0.2) is 9.98 Å². The zero-order chi connectivity index (χ0) is 24.0. The van der Waals surface area contributed by atoms with Crippen LogP contribution in [0.5, 0.6) is 0 Å². The van der Waals surface area contributed by atoms with Crippen LogP contribution in [0.2, 0.25) is 0 Å². The van der Waals surface area contributed by atoms with E-state index in [1.807, 2.05) is 17.5 Å². The van der Waals surface area contributed by atoms with Crippen LogP contribution in [0, 0.1) is 6.92 Å². The second-order valence-corrected chi connectivity index (χ2v) is 9.75. The van der Waals surface area contributed by atoms with Gasteiger partial charge in [0.25, 0.3) is 17.4 Å². The third kappa shape index (κ3) is 3.94. The van der Waals surface area contributed by atoms with Crippen LogP contribution in [0.25, 0.3) is 10.6 Å². The molecule has 34 heavy (non-hydrogen) atoms. The molecular weight excluding hydrogens is 474 g/mol. The number of aryl methyl sites for hydroxylation is 1. The summed E-state index contributed by atoms with van der Waals surface area (Å²) in [5, 5.41) is 9.93. The summed E-state index contributed by atoms with van der Waals surface area (Å²) in [6.45, 7) is 7.06. The smallest absolute Gasteiger partial charge is 0.281 e. The highest BCUT2D eigenvalue weighted by Gasteiger charge is 2.29. The predicted molar refractivity (Wildman–Crippen MR) is 132 cm³/mol. The van der Waals surface area contributed by atoms with Crippen LogP contribution in [0.4, 0.5) is 5.82 Å². The molecule has 0 radical (unpaired) electrons. The van der Waals surface area contributed by atoms with Crippen LogP contribution in [0.1, 0.15) is 24.9 Å². The fourth-order valence-electron chi connectivity index (χ4n) is 3.60. The predicted octanol–water partition coefficient (Wildman–Crippen LogP) is 2.91. The monoisotopic (exact) mass is 493 g/mol. The van der Waals surface area contributed by atoms with E-state index in [0.717, 1.165) is 4.88 Å². The van der Waals surface area contributed by atoms with Crippen LogP contribution in [0.3, 0.4) is 0 Å². The summed E-state index contributed by atoms with van der Waals surface area (Å²) in [5.41, 5.74) is 1.65. The summed E-state index contributed by atoms with van der Waals surface area (Å²) in [4.78, 5) is 51.4.